The van der Waals surface area contributed by atoms with Gasteiger partial charge in [-0.25, -0.2) is 0 Å². The van der Waals surface area contributed by atoms with Crippen LogP contribution in [0.5, 0.6) is 0 Å². The van der Waals surface area contributed by atoms with Crippen LogP contribution in [0.4, 0.5) is 5.95 Å². The maximum atomic E-state index is 11.0. The van der Waals surface area contributed by atoms with E-state index in [1.54, 1.807) is 14.0 Å². The topological polar surface area (TPSA) is 98.7 Å². The van der Waals surface area contributed by atoms with E-state index in [9.17, 15) is 4.79 Å². The van der Waals surface area contributed by atoms with Gasteiger partial charge in [-0.2, -0.15) is 4.80 Å². The third-order valence-electron chi connectivity index (χ3n) is 1.16. The number of hydrogen-bond donors (Lipinski definition) is 2. The van der Waals surface area contributed by atoms with E-state index < -0.39 is 6.04 Å². The van der Waals surface area contributed by atoms with Gasteiger partial charge in [0.2, 0.25) is 5.91 Å². The number of nitrogens with one attached hydrogen (secondary N) is 1. The van der Waals surface area contributed by atoms with Crippen molar-refractivity contribution in [3.05, 3.63) is 0 Å². The second-order valence-corrected chi connectivity index (χ2v) is 2.38. The lowest BCUT2D eigenvalue weighted by atomic mass is 10.3. The number of amides is 1. The Kier molecular flexibility index (Phi) is 2.34. The maximum Gasteiger partial charge on any atom is 0.270 e. The van der Waals surface area contributed by atoms with E-state index >= 15 is 0 Å². The van der Waals surface area contributed by atoms with Crippen LogP contribution in [0.1, 0.15) is 6.92 Å². The monoisotopic (exact) mass is 170 g/mol. The van der Waals surface area contributed by atoms with Crippen LogP contribution < -0.4 is 11.1 Å². The first-order valence-corrected chi connectivity index (χ1v) is 3.40. The molecule has 0 aliphatic rings. The Bertz CT molecular complexity index is 279. The number of tetrazole rings is 1. The number of carbonyl (C=O) groups excluding carboxylic acids is 1. The van der Waals surface area contributed by atoms with E-state index in [1.807, 2.05) is 0 Å². The summed E-state index contributed by atoms with van der Waals surface area (Å²) >= 11 is 0. The SMILES string of the molecule is CC(N)C(=O)Nc1nnn(C)n1. The first kappa shape index (κ1) is 8.60. The van der Waals surface area contributed by atoms with E-state index in [4.69, 9.17) is 5.73 Å². The Balaban J connectivity index is 2.58. The molecule has 1 unspecified atom stereocenters. The average Bonchev–Trinajstić information content (AvgIpc) is 2.35. The lowest BCUT2D eigenvalue weighted by Crippen LogP contribution is -2.32. The van der Waals surface area contributed by atoms with Crippen LogP contribution in [-0.2, 0) is 11.8 Å². The summed E-state index contributed by atoms with van der Waals surface area (Å²) in [5, 5.41) is 13.2. The number of aryl methyl sites for hydroxylation is 1. The van der Waals surface area contributed by atoms with Gasteiger partial charge < -0.3 is 5.73 Å². The van der Waals surface area contributed by atoms with E-state index in [-0.39, 0.29) is 11.9 Å². The Labute approximate surface area is 68.9 Å². The molecule has 1 aromatic heterocycles. The highest BCUT2D eigenvalue weighted by Gasteiger charge is 2.09. The smallest absolute Gasteiger partial charge is 0.270 e. The van der Waals surface area contributed by atoms with Gasteiger partial charge in [0.1, 0.15) is 0 Å². The van der Waals surface area contributed by atoms with Gasteiger partial charge in [0.05, 0.1) is 13.1 Å². The third-order valence-corrected chi connectivity index (χ3v) is 1.16. The first-order valence-electron chi connectivity index (χ1n) is 3.40. The molecule has 0 spiro atoms. The fourth-order valence-electron chi connectivity index (χ4n) is 0.558. The molecule has 7 nitrogen and oxygen atoms in total. The highest BCUT2D eigenvalue weighted by Crippen LogP contribution is 1.92. The summed E-state index contributed by atoms with van der Waals surface area (Å²) in [5.41, 5.74) is 5.30. The molecule has 1 heterocycles. The number of rotatable bonds is 2. The number of hydrogen-bond acceptors (Lipinski definition) is 5. The van der Waals surface area contributed by atoms with Crippen molar-refractivity contribution >= 4 is 11.9 Å². The van der Waals surface area contributed by atoms with Crippen LogP contribution >= 0.6 is 0 Å². The Morgan fingerprint density at radius 3 is 2.83 bits per heavy atom. The predicted octanol–water partition coefficient (Wildman–Crippen LogP) is -1.50. The summed E-state index contributed by atoms with van der Waals surface area (Å²) in [4.78, 5) is 12.2. The third kappa shape index (κ3) is 1.99. The molecular formula is C5H10N6O. The number of carbonyl (C=O) groups is 1. The second-order valence-electron chi connectivity index (χ2n) is 2.38. The molecule has 1 amide bonds. The van der Waals surface area contributed by atoms with Crippen LogP contribution in [-0.4, -0.2) is 32.2 Å². The van der Waals surface area contributed by atoms with E-state index in [1.165, 1.54) is 4.80 Å². The highest BCUT2D eigenvalue weighted by atomic mass is 16.2. The van der Waals surface area contributed by atoms with Crippen molar-refractivity contribution < 1.29 is 4.79 Å². The fourth-order valence-corrected chi connectivity index (χ4v) is 0.558. The largest absolute Gasteiger partial charge is 0.320 e. The maximum absolute atomic E-state index is 11.0. The zero-order valence-corrected chi connectivity index (χ0v) is 6.85. The molecule has 0 aromatic carbocycles. The van der Waals surface area contributed by atoms with Crippen molar-refractivity contribution in [2.75, 3.05) is 5.32 Å². The molecule has 0 bridgehead atoms. The minimum atomic E-state index is -0.575. The van der Waals surface area contributed by atoms with Gasteiger partial charge in [-0.05, 0) is 12.1 Å². The van der Waals surface area contributed by atoms with Gasteiger partial charge in [0, 0.05) is 0 Å². The molecule has 7 heteroatoms. The molecule has 0 aliphatic heterocycles. The summed E-state index contributed by atoms with van der Waals surface area (Å²) in [6, 6.07) is -0.575. The Morgan fingerprint density at radius 1 is 1.75 bits per heavy atom. The quantitative estimate of drug-likeness (QED) is 0.562. The van der Waals surface area contributed by atoms with Crippen LogP contribution in [0.2, 0.25) is 0 Å². The minimum Gasteiger partial charge on any atom is -0.320 e. The van der Waals surface area contributed by atoms with Gasteiger partial charge in [-0.15, -0.1) is 5.10 Å². The van der Waals surface area contributed by atoms with Crippen LogP contribution in [0.25, 0.3) is 0 Å². The van der Waals surface area contributed by atoms with Crippen molar-refractivity contribution in [1.29, 1.82) is 0 Å². The summed E-state index contributed by atoms with van der Waals surface area (Å²) in [6.07, 6.45) is 0. The zero-order chi connectivity index (χ0) is 9.14. The number of nitrogens with two attached hydrogens (primary N) is 1. The van der Waals surface area contributed by atoms with Crippen molar-refractivity contribution in [2.45, 2.75) is 13.0 Å². The predicted molar refractivity (Wildman–Crippen MR) is 41.1 cm³/mol. The zero-order valence-electron chi connectivity index (χ0n) is 6.85. The van der Waals surface area contributed by atoms with E-state index in [0.29, 0.717) is 0 Å². The number of aromatic nitrogens is 4. The van der Waals surface area contributed by atoms with Crippen molar-refractivity contribution in [3.8, 4) is 0 Å². The molecule has 0 saturated carbocycles. The fraction of sp³-hybridized carbons (Fsp3) is 0.600. The van der Waals surface area contributed by atoms with Crippen LogP contribution in [0, 0.1) is 0 Å². The normalized spacial score (nSPS) is 12.6. The standard InChI is InChI=1S/C5H10N6O/c1-3(6)4(12)7-5-8-10-11(2)9-5/h3H,6H2,1-2H3,(H,7,9,12). The van der Waals surface area contributed by atoms with Gasteiger partial charge >= 0.3 is 0 Å². The van der Waals surface area contributed by atoms with E-state index in [2.05, 4.69) is 20.7 Å². The molecule has 66 valence electrons. The van der Waals surface area contributed by atoms with Gasteiger partial charge in [0.15, 0.2) is 0 Å². The van der Waals surface area contributed by atoms with Crippen LogP contribution in [0.3, 0.4) is 0 Å². The van der Waals surface area contributed by atoms with Gasteiger partial charge in [-0.1, -0.05) is 5.10 Å². The molecule has 0 radical (unpaired) electrons. The lowest BCUT2D eigenvalue weighted by molar-refractivity contribution is -0.117. The summed E-state index contributed by atoms with van der Waals surface area (Å²) in [7, 11) is 1.61. The minimum absolute atomic E-state index is 0.166. The molecule has 0 saturated heterocycles. The highest BCUT2D eigenvalue weighted by molar-refractivity contribution is 5.92. The Hall–Kier alpha value is -1.50. The molecule has 12 heavy (non-hydrogen) atoms. The van der Waals surface area contributed by atoms with Gasteiger partial charge in [0.25, 0.3) is 5.95 Å². The molecule has 1 rings (SSSR count). The lowest BCUT2D eigenvalue weighted by Gasteiger charge is -2.01. The molecule has 0 fully saturated rings. The second kappa shape index (κ2) is 3.26. The average molecular weight is 170 g/mol. The van der Waals surface area contributed by atoms with E-state index in [0.717, 1.165) is 0 Å². The summed E-state index contributed by atoms with van der Waals surface area (Å²) in [6.45, 7) is 1.58. The molecule has 1 aromatic rings. The summed E-state index contributed by atoms with van der Waals surface area (Å²) in [5.74, 6) is -0.164. The molecule has 1 atom stereocenters. The Morgan fingerprint density at radius 2 is 2.42 bits per heavy atom. The van der Waals surface area contributed by atoms with Crippen molar-refractivity contribution in [1.82, 2.24) is 20.2 Å². The van der Waals surface area contributed by atoms with Crippen molar-refractivity contribution in [3.63, 3.8) is 0 Å². The van der Waals surface area contributed by atoms with Crippen molar-refractivity contribution in [2.24, 2.45) is 12.8 Å². The molecule has 0 aliphatic carbocycles. The van der Waals surface area contributed by atoms with Gasteiger partial charge in [-0.3, -0.25) is 10.1 Å². The number of anilines is 1. The summed E-state index contributed by atoms with van der Waals surface area (Å²) < 4.78 is 0. The van der Waals surface area contributed by atoms with Crippen LogP contribution in [0.15, 0.2) is 0 Å². The number of nitrogens with zero attached hydrogens (tertiary/aromatic N) is 4. The molecule has 3 N–H and O–H groups in total. The first-order chi connectivity index (χ1) is 5.59. The molecular weight excluding hydrogens is 160 g/mol.